The summed E-state index contributed by atoms with van der Waals surface area (Å²) in [6.45, 7) is 2.11. The number of rotatable bonds is 5. The Bertz CT molecular complexity index is 648. The fourth-order valence-electron chi connectivity index (χ4n) is 2.10. The lowest BCUT2D eigenvalue weighted by atomic mass is 10.1. The Hall–Kier alpha value is -2.63. The smallest absolute Gasteiger partial charge is 0.204 e. The van der Waals surface area contributed by atoms with Gasteiger partial charge >= 0.3 is 0 Å². The van der Waals surface area contributed by atoms with Crippen molar-refractivity contribution < 1.29 is 4.42 Å². The fourth-order valence-corrected chi connectivity index (χ4v) is 2.10. The third kappa shape index (κ3) is 2.54. The first-order valence-corrected chi connectivity index (χ1v) is 6.50. The van der Waals surface area contributed by atoms with Gasteiger partial charge in [0.25, 0.3) is 0 Å². The average Bonchev–Trinajstić information content (AvgIpc) is 3.17. The van der Waals surface area contributed by atoms with Crippen LogP contribution in [0.2, 0.25) is 0 Å². The molecule has 0 fully saturated rings. The topological polar surface area (TPSA) is 79.6 Å². The lowest BCUT2D eigenvalue weighted by molar-refractivity contribution is 0.474. The van der Waals surface area contributed by atoms with Crippen LogP contribution in [0.5, 0.6) is 0 Å². The van der Waals surface area contributed by atoms with Gasteiger partial charge in [0.05, 0.1) is 12.3 Å². The fraction of sp³-hybridized carbons (Fsp3) is 0.214. The number of furan rings is 1. The Balaban J connectivity index is 1.82. The van der Waals surface area contributed by atoms with Crippen LogP contribution in [0.15, 0.2) is 47.1 Å². The quantitative estimate of drug-likeness (QED) is 0.744. The number of aromatic amines is 1. The Kier molecular flexibility index (Phi) is 3.45. The second-order valence-electron chi connectivity index (χ2n) is 4.44. The molecule has 3 rings (SSSR count). The van der Waals surface area contributed by atoms with Gasteiger partial charge in [0.2, 0.25) is 5.82 Å². The van der Waals surface area contributed by atoms with E-state index in [2.05, 4.69) is 32.9 Å². The summed E-state index contributed by atoms with van der Waals surface area (Å²) < 4.78 is 5.46. The molecule has 0 radical (unpaired) electrons. The van der Waals surface area contributed by atoms with Crippen LogP contribution in [0, 0.1) is 0 Å². The molecule has 0 spiro atoms. The average molecular weight is 269 g/mol. The summed E-state index contributed by atoms with van der Waals surface area (Å²) in [5, 5.41) is 17.5. The number of nitrogens with one attached hydrogen (secondary N) is 2. The summed E-state index contributed by atoms with van der Waals surface area (Å²) in [4.78, 5) is 0. The minimum atomic E-state index is 0.144. The van der Waals surface area contributed by atoms with Crippen LogP contribution >= 0.6 is 0 Å². The van der Waals surface area contributed by atoms with E-state index in [1.807, 2.05) is 36.4 Å². The number of tetrazole rings is 1. The van der Waals surface area contributed by atoms with Crippen LogP contribution in [0.4, 0.5) is 5.69 Å². The maximum Gasteiger partial charge on any atom is 0.204 e. The molecule has 0 amide bonds. The van der Waals surface area contributed by atoms with Gasteiger partial charge in [-0.15, -0.1) is 10.2 Å². The van der Waals surface area contributed by atoms with Crippen molar-refractivity contribution >= 4 is 5.69 Å². The van der Waals surface area contributed by atoms with Crippen LogP contribution in [0.25, 0.3) is 11.4 Å². The van der Waals surface area contributed by atoms with Crippen LogP contribution in [-0.2, 0) is 0 Å². The van der Waals surface area contributed by atoms with E-state index in [4.69, 9.17) is 4.42 Å². The summed E-state index contributed by atoms with van der Waals surface area (Å²) >= 11 is 0. The summed E-state index contributed by atoms with van der Waals surface area (Å²) in [7, 11) is 0. The van der Waals surface area contributed by atoms with E-state index in [1.54, 1.807) is 6.26 Å². The molecule has 0 saturated carbocycles. The van der Waals surface area contributed by atoms with Gasteiger partial charge in [-0.1, -0.05) is 19.1 Å². The minimum absolute atomic E-state index is 0.144. The standard InChI is InChI=1S/C14H15N5O/c1-2-12(13-7-4-8-20-13)15-11-6-3-5-10(9-11)14-16-18-19-17-14/h3-9,12,15H,2H2,1H3,(H,16,17,18,19). The predicted molar refractivity (Wildman–Crippen MR) is 75.0 cm³/mol. The molecule has 6 nitrogen and oxygen atoms in total. The molecule has 0 aliphatic heterocycles. The second-order valence-corrected chi connectivity index (χ2v) is 4.44. The first-order chi connectivity index (χ1) is 9.86. The Morgan fingerprint density at radius 3 is 2.95 bits per heavy atom. The number of nitrogens with zero attached hydrogens (tertiary/aromatic N) is 3. The molecule has 0 aliphatic carbocycles. The van der Waals surface area contributed by atoms with E-state index in [0.29, 0.717) is 5.82 Å². The molecule has 1 unspecified atom stereocenters. The third-order valence-corrected chi connectivity index (χ3v) is 3.10. The zero-order valence-corrected chi connectivity index (χ0v) is 11.1. The lowest BCUT2D eigenvalue weighted by Crippen LogP contribution is -2.08. The molecule has 102 valence electrons. The molecule has 2 heterocycles. The number of H-pyrrole nitrogens is 1. The molecule has 2 aromatic heterocycles. The molecule has 0 saturated heterocycles. The maximum absolute atomic E-state index is 5.46. The maximum atomic E-state index is 5.46. The molecule has 0 aliphatic rings. The number of hydrogen-bond donors (Lipinski definition) is 2. The number of hydrogen-bond acceptors (Lipinski definition) is 5. The van der Waals surface area contributed by atoms with E-state index in [0.717, 1.165) is 23.4 Å². The van der Waals surface area contributed by atoms with E-state index in [9.17, 15) is 0 Å². The summed E-state index contributed by atoms with van der Waals surface area (Å²) in [5.41, 5.74) is 1.91. The van der Waals surface area contributed by atoms with E-state index in [-0.39, 0.29) is 6.04 Å². The van der Waals surface area contributed by atoms with Crippen LogP contribution in [-0.4, -0.2) is 20.6 Å². The van der Waals surface area contributed by atoms with Gasteiger partial charge in [-0.05, 0) is 35.9 Å². The Labute approximate surface area is 116 Å². The highest BCUT2D eigenvalue weighted by Gasteiger charge is 2.12. The Morgan fingerprint density at radius 1 is 1.30 bits per heavy atom. The van der Waals surface area contributed by atoms with Gasteiger partial charge < -0.3 is 9.73 Å². The van der Waals surface area contributed by atoms with Gasteiger partial charge in [-0.2, -0.15) is 5.21 Å². The van der Waals surface area contributed by atoms with Gasteiger partial charge in [0.15, 0.2) is 0 Å². The predicted octanol–water partition coefficient (Wildman–Crippen LogP) is 3.02. The van der Waals surface area contributed by atoms with E-state index < -0.39 is 0 Å². The highest BCUT2D eigenvalue weighted by atomic mass is 16.3. The number of aromatic nitrogens is 4. The van der Waals surface area contributed by atoms with Crippen molar-refractivity contribution in [2.45, 2.75) is 19.4 Å². The van der Waals surface area contributed by atoms with Crippen molar-refractivity contribution in [1.82, 2.24) is 20.6 Å². The number of benzene rings is 1. The zero-order chi connectivity index (χ0) is 13.8. The zero-order valence-electron chi connectivity index (χ0n) is 11.1. The second kappa shape index (κ2) is 5.56. The monoisotopic (exact) mass is 269 g/mol. The third-order valence-electron chi connectivity index (χ3n) is 3.10. The molecular formula is C14H15N5O. The SMILES string of the molecule is CCC(Nc1cccc(-c2nn[nH]n2)c1)c1ccco1. The summed E-state index contributed by atoms with van der Waals surface area (Å²) in [6, 6.07) is 11.9. The molecular weight excluding hydrogens is 254 g/mol. The molecule has 1 aromatic carbocycles. The largest absolute Gasteiger partial charge is 0.467 e. The normalized spacial score (nSPS) is 12.2. The van der Waals surface area contributed by atoms with Crippen LogP contribution < -0.4 is 5.32 Å². The van der Waals surface area contributed by atoms with E-state index in [1.165, 1.54) is 0 Å². The summed E-state index contributed by atoms with van der Waals surface area (Å²) in [6.07, 6.45) is 2.62. The first-order valence-electron chi connectivity index (χ1n) is 6.50. The highest BCUT2D eigenvalue weighted by molar-refractivity contribution is 5.62. The lowest BCUT2D eigenvalue weighted by Gasteiger charge is -2.16. The minimum Gasteiger partial charge on any atom is -0.467 e. The molecule has 3 aromatic rings. The number of anilines is 1. The molecule has 0 bridgehead atoms. The van der Waals surface area contributed by atoms with Gasteiger partial charge in [0, 0.05) is 11.3 Å². The van der Waals surface area contributed by atoms with Crippen molar-refractivity contribution in [3.8, 4) is 11.4 Å². The first kappa shape index (κ1) is 12.4. The van der Waals surface area contributed by atoms with Gasteiger partial charge in [-0.25, -0.2) is 0 Å². The van der Waals surface area contributed by atoms with Crippen molar-refractivity contribution in [1.29, 1.82) is 0 Å². The van der Waals surface area contributed by atoms with Gasteiger partial charge in [0.1, 0.15) is 5.76 Å². The Morgan fingerprint density at radius 2 is 2.25 bits per heavy atom. The van der Waals surface area contributed by atoms with Crippen molar-refractivity contribution in [2.24, 2.45) is 0 Å². The van der Waals surface area contributed by atoms with Crippen LogP contribution in [0.3, 0.4) is 0 Å². The van der Waals surface area contributed by atoms with Crippen molar-refractivity contribution in [3.63, 3.8) is 0 Å². The summed E-state index contributed by atoms with van der Waals surface area (Å²) in [5.74, 6) is 1.51. The molecule has 1 atom stereocenters. The highest BCUT2D eigenvalue weighted by Crippen LogP contribution is 2.25. The molecule has 2 N–H and O–H groups in total. The van der Waals surface area contributed by atoms with Gasteiger partial charge in [-0.3, -0.25) is 0 Å². The van der Waals surface area contributed by atoms with Crippen molar-refractivity contribution in [2.75, 3.05) is 5.32 Å². The van der Waals surface area contributed by atoms with Crippen molar-refractivity contribution in [3.05, 3.63) is 48.4 Å². The molecule has 20 heavy (non-hydrogen) atoms. The molecule has 6 heteroatoms. The van der Waals surface area contributed by atoms with E-state index >= 15 is 0 Å². The van der Waals surface area contributed by atoms with Crippen LogP contribution in [0.1, 0.15) is 25.1 Å².